The Morgan fingerprint density at radius 3 is 2.55 bits per heavy atom. The average Bonchev–Trinajstić information content (AvgIpc) is 3.18. The summed E-state index contributed by atoms with van der Waals surface area (Å²) in [6.07, 6.45) is 5.37. The molecule has 0 radical (unpaired) electrons. The second-order valence-electron chi connectivity index (χ2n) is 7.92. The van der Waals surface area contributed by atoms with Crippen molar-refractivity contribution in [2.24, 2.45) is 0 Å². The molecular formula is C21H23N5O2S. The molecule has 8 heteroatoms. The highest BCUT2D eigenvalue weighted by atomic mass is 32.2. The highest BCUT2D eigenvalue weighted by Gasteiger charge is 2.36. The lowest BCUT2D eigenvalue weighted by molar-refractivity contribution is 0.507. The highest BCUT2D eigenvalue weighted by molar-refractivity contribution is 7.91. The second-order valence-corrected chi connectivity index (χ2v) is 10.2. The number of anilines is 2. The van der Waals surface area contributed by atoms with Crippen LogP contribution in [-0.2, 0) is 9.84 Å². The monoisotopic (exact) mass is 409 g/mol. The lowest BCUT2D eigenvalue weighted by Crippen LogP contribution is -2.46. The van der Waals surface area contributed by atoms with Crippen LogP contribution in [0.15, 0.2) is 48.8 Å². The Labute approximate surface area is 170 Å². The number of pyridine rings is 1. The van der Waals surface area contributed by atoms with Crippen molar-refractivity contribution in [3.8, 4) is 0 Å². The number of nitrogens with zero attached hydrogens (tertiary/aromatic N) is 5. The quantitative estimate of drug-likeness (QED) is 0.654. The van der Waals surface area contributed by atoms with Crippen LogP contribution in [0.25, 0.3) is 10.9 Å². The predicted octanol–water partition coefficient (Wildman–Crippen LogP) is 2.25. The van der Waals surface area contributed by atoms with Crippen LogP contribution in [0, 0.1) is 0 Å². The summed E-state index contributed by atoms with van der Waals surface area (Å²) in [5.41, 5.74) is 1.95. The van der Waals surface area contributed by atoms with Crippen molar-refractivity contribution < 1.29 is 8.42 Å². The van der Waals surface area contributed by atoms with Crippen molar-refractivity contribution in [1.29, 1.82) is 0 Å². The van der Waals surface area contributed by atoms with E-state index in [1.54, 1.807) is 12.4 Å². The van der Waals surface area contributed by atoms with Crippen LogP contribution < -0.4 is 9.80 Å². The molecule has 0 unspecified atom stereocenters. The Balaban J connectivity index is 1.33. The first-order valence-corrected chi connectivity index (χ1v) is 11.8. The standard InChI is InChI=1S/C21H23N5O2S/c1-29(27,28)17-8-11-25(14-17)21-20(22-9-10-23-21)16-12-26(13-16)19-7-6-15-4-2-3-5-18(15)24-19/h2-7,9-10,16-17H,8,11-14H2,1H3/t17-/m0/s1. The summed E-state index contributed by atoms with van der Waals surface area (Å²) in [4.78, 5) is 18.3. The van der Waals surface area contributed by atoms with Crippen LogP contribution in [0.3, 0.4) is 0 Å². The van der Waals surface area contributed by atoms with E-state index in [4.69, 9.17) is 4.98 Å². The molecule has 0 bridgehead atoms. The fourth-order valence-corrected chi connectivity index (χ4v) is 5.20. The molecule has 3 aromatic rings. The van der Waals surface area contributed by atoms with Crippen LogP contribution in [0.2, 0.25) is 0 Å². The van der Waals surface area contributed by atoms with Crippen LogP contribution in [0.4, 0.5) is 11.6 Å². The third-order valence-corrected chi connectivity index (χ3v) is 7.53. The first kappa shape index (κ1) is 18.3. The van der Waals surface area contributed by atoms with Gasteiger partial charge in [0.05, 0.1) is 16.5 Å². The van der Waals surface area contributed by atoms with Gasteiger partial charge in [0, 0.05) is 56.1 Å². The molecule has 2 aromatic heterocycles. The topological polar surface area (TPSA) is 79.3 Å². The molecule has 0 amide bonds. The van der Waals surface area contributed by atoms with Gasteiger partial charge in [0.1, 0.15) is 5.82 Å². The highest BCUT2D eigenvalue weighted by Crippen LogP contribution is 2.35. The first-order valence-electron chi connectivity index (χ1n) is 9.84. The van der Waals surface area contributed by atoms with E-state index in [1.165, 1.54) is 6.26 Å². The number of para-hydroxylation sites is 1. The molecule has 150 valence electrons. The number of aromatic nitrogens is 3. The van der Waals surface area contributed by atoms with Crippen molar-refractivity contribution in [3.63, 3.8) is 0 Å². The van der Waals surface area contributed by atoms with Crippen molar-refractivity contribution >= 4 is 32.4 Å². The van der Waals surface area contributed by atoms with Gasteiger partial charge in [0.2, 0.25) is 0 Å². The predicted molar refractivity (Wildman–Crippen MR) is 114 cm³/mol. The maximum atomic E-state index is 11.9. The maximum Gasteiger partial charge on any atom is 0.152 e. The third-order valence-electron chi connectivity index (χ3n) is 5.93. The van der Waals surface area contributed by atoms with Gasteiger partial charge in [-0.05, 0) is 24.6 Å². The summed E-state index contributed by atoms with van der Waals surface area (Å²) >= 11 is 0. The van der Waals surface area contributed by atoms with Crippen LogP contribution in [0.1, 0.15) is 18.0 Å². The molecule has 0 N–H and O–H groups in total. The summed E-state index contributed by atoms with van der Waals surface area (Å²) < 4.78 is 23.8. The molecule has 29 heavy (non-hydrogen) atoms. The van der Waals surface area contributed by atoms with Crippen molar-refractivity contribution in [2.45, 2.75) is 17.6 Å². The minimum Gasteiger partial charge on any atom is -0.355 e. The van der Waals surface area contributed by atoms with Gasteiger partial charge < -0.3 is 9.80 Å². The summed E-state index contributed by atoms with van der Waals surface area (Å²) in [5.74, 6) is 2.07. The fraction of sp³-hybridized carbons (Fsp3) is 0.381. The van der Waals surface area contributed by atoms with Gasteiger partial charge in [-0.25, -0.2) is 18.4 Å². The zero-order chi connectivity index (χ0) is 20.0. The molecular weight excluding hydrogens is 386 g/mol. The van der Waals surface area contributed by atoms with Gasteiger partial charge in [0.25, 0.3) is 0 Å². The molecule has 0 spiro atoms. The van der Waals surface area contributed by atoms with E-state index in [1.807, 2.05) is 18.2 Å². The third kappa shape index (κ3) is 3.42. The van der Waals surface area contributed by atoms with Crippen LogP contribution >= 0.6 is 0 Å². The van der Waals surface area contributed by atoms with Gasteiger partial charge in [-0.15, -0.1) is 0 Å². The SMILES string of the molecule is CS(=O)(=O)[C@H]1CCN(c2nccnc2C2CN(c3ccc4ccccc4n3)C2)C1. The van der Waals surface area contributed by atoms with Crippen molar-refractivity contribution in [3.05, 3.63) is 54.5 Å². The minimum absolute atomic E-state index is 0.268. The van der Waals surface area contributed by atoms with E-state index in [9.17, 15) is 8.42 Å². The van der Waals surface area contributed by atoms with Gasteiger partial charge in [-0.1, -0.05) is 18.2 Å². The average molecular weight is 410 g/mol. The van der Waals surface area contributed by atoms with Crippen molar-refractivity contribution in [1.82, 2.24) is 15.0 Å². The molecule has 2 aliphatic heterocycles. The van der Waals surface area contributed by atoms with Crippen molar-refractivity contribution in [2.75, 3.05) is 42.2 Å². The molecule has 7 nitrogen and oxygen atoms in total. The van der Waals surface area contributed by atoms with Gasteiger partial charge >= 0.3 is 0 Å². The van der Waals surface area contributed by atoms with Gasteiger partial charge in [-0.2, -0.15) is 0 Å². The summed E-state index contributed by atoms with van der Waals surface area (Å²) in [6.45, 7) is 2.86. The van der Waals surface area contributed by atoms with Crippen LogP contribution in [0.5, 0.6) is 0 Å². The number of benzene rings is 1. The lowest BCUT2D eigenvalue weighted by Gasteiger charge is -2.40. The van der Waals surface area contributed by atoms with E-state index in [0.29, 0.717) is 19.5 Å². The smallest absolute Gasteiger partial charge is 0.152 e. The van der Waals surface area contributed by atoms with Gasteiger partial charge in [0.15, 0.2) is 15.7 Å². The molecule has 0 aliphatic carbocycles. The second kappa shape index (κ2) is 6.95. The van der Waals surface area contributed by atoms with E-state index in [0.717, 1.165) is 41.3 Å². The molecule has 5 rings (SSSR count). The Hall–Kier alpha value is -2.74. The maximum absolute atomic E-state index is 11.9. The lowest BCUT2D eigenvalue weighted by atomic mass is 9.95. The number of sulfone groups is 1. The Morgan fingerprint density at radius 1 is 0.966 bits per heavy atom. The normalized spacial score (nSPS) is 20.2. The molecule has 1 atom stereocenters. The van der Waals surface area contributed by atoms with E-state index in [-0.39, 0.29) is 11.2 Å². The molecule has 0 saturated carbocycles. The largest absolute Gasteiger partial charge is 0.355 e. The van der Waals surface area contributed by atoms with E-state index in [2.05, 4.69) is 38.0 Å². The summed E-state index contributed by atoms with van der Waals surface area (Å²) in [5, 5.41) is 0.816. The Kier molecular flexibility index (Phi) is 4.38. The molecule has 2 fully saturated rings. The zero-order valence-corrected chi connectivity index (χ0v) is 17.1. The molecule has 4 heterocycles. The molecule has 1 aromatic carbocycles. The fourth-order valence-electron chi connectivity index (χ4n) is 4.21. The Morgan fingerprint density at radius 2 is 1.76 bits per heavy atom. The van der Waals surface area contributed by atoms with Crippen LogP contribution in [-0.4, -0.2) is 61.1 Å². The molecule has 2 aliphatic rings. The van der Waals surface area contributed by atoms with E-state index >= 15 is 0 Å². The summed E-state index contributed by atoms with van der Waals surface area (Å²) in [7, 11) is -3.04. The zero-order valence-electron chi connectivity index (χ0n) is 16.3. The Bertz CT molecular complexity index is 1160. The number of hydrogen-bond acceptors (Lipinski definition) is 7. The number of hydrogen-bond donors (Lipinski definition) is 0. The first-order chi connectivity index (χ1) is 14.0. The van der Waals surface area contributed by atoms with E-state index < -0.39 is 9.84 Å². The number of fused-ring (bicyclic) bond motifs is 1. The number of rotatable bonds is 4. The molecule has 2 saturated heterocycles. The summed E-state index contributed by atoms with van der Waals surface area (Å²) in [6, 6.07) is 12.3. The minimum atomic E-state index is -3.04. The van der Waals surface area contributed by atoms with Gasteiger partial charge in [-0.3, -0.25) is 4.98 Å².